The van der Waals surface area contributed by atoms with Crippen LogP contribution in [0.3, 0.4) is 0 Å². The lowest BCUT2D eigenvalue weighted by molar-refractivity contribution is 0.0920. The van der Waals surface area contributed by atoms with Crippen LogP contribution in [0.15, 0.2) is 60.4 Å². The fourth-order valence-electron chi connectivity index (χ4n) is 3.58. The van der Waals surface area contributed by atoms with Crippen LogP contribution >= 0.6 is 11.6 Å². The van der Waals surface area contributed by atoms with Crippen molar-refractivity contribution in [3.63, 3.8) is 0 Å². The summed E-state index contributed by atoms with van der Waals surface area (Å²) < 4.78 is 22.2. The maximum absolute atomic E-state index is 12.9. The van der Waals surface area contributed by atoms with Crippen molar-refractivity contribution in [1.29, 1.82) is 0 Å². The predicted molar refractivity (Wildman–Crippen MR) is 118 cm³/mol. The van der Waals surface area contributed by atoms with Crippen LogP contribution in [0.1, 0.15) is 31.8 Å². The third-order valence-corrected chi connectivity index (χ3v) is 5.43. The van der Waals surface area contributed by atoms with Gasteiger partial charge in [0.1, 0.15) is 11.5 Å². The van der Waals surface area contributed by atoms with Gasteiger partial charge in [-0.25, -0.2) is 0 Å². The Kier molecular flexibility index (Phi) is 5.07. The SMILES string of the molecule is Cc1cc(OCC(=O)c2ccc(Cl)cc2)cc2c1C(=O)/C(=C/c1ccc3c(c1)OCO3)O2. The lowest BCUT2D eigenvalue weighted by atomic mass is 10.0. The van der Waals surface area contributed by atoms with Gasteiger partial charge in [0, 0.05) is 16.7 Å². The van der Waals surface area contributed by atoms with Gasteiger partial charge in [0.15, 0.2) is 29.6 Å². The Labute approximate surface area is 188 Å². The summed E-state index contributed by atoms with van der Waals surface area (Å²) in [5.74, 6) is 1.95. The number of rotatable bonds is 5. The molecule has 32 heavy (non-hydrogen) atoms. The van der Waals surface area contributed by atoms with Crippen molar-refractivity contribution in [3.8, 4) is 23.0 Å². The number of allylic oxidation sites excluding steroid dienone is 1. The average Bonchev–Trinajstić information content (AvgIpc) is 3.37. The second kappa shape index (κ2) is 8.05. The minimum absolute atomic E-state index is 0.145. The standard InChI is InChI=1S/C25H17ClO6/c1-14-8-18(29-12-19(27)16-3-5-17(26)6-4-16)11-22-24(14)25(28)23(32-22)10-15-2-7-20-21(9-15)31-13-30-20/h2-11H,12-13H2,1H3/b23-10-. The quantitative estimate of drug-likeness (QED) is 0.392. The first-order valence-electron chi connectivity index (χ1n) is 9.88. The molecule has 0 atom stereocenters. The first-order chi connectivity index (χ1) is 15.5. The van der Waals surface area contributed by atoms with Gasteiger partial charge < -0.3 is 18.9 Å². The van der Waals surface area contributed by atoms with Crippen molar-refractivity contribution < 1.29 is 28.5 Å². The van der Waals surface area contributed by atoms with Crippen molar-refractivity contribution >= 4 is 29.2 Å². The number of fused-ring (bicyclic) bond motifs is 2. The van der Waals surface area contributed by atoms with Crippen LogP contribution in [-0.2, 0) is 0 Å². The number of hydrogen-bond donors (Lipinski definition) is 0. The highest BCUT2D eigenvalue weighted by Crippen LogP contribution is 2.38. The van der Waals surface area contributed by atoms with Gasteiger partial charge in [-0.1, -0.05) is 17.7 Å². The second-order valence-electron chi connectivity index (χ2n) is 7.38. The molecule has 3 aromatic carbocycles. The minimum atomic E-state index is -0.209. The molecule has 0 fully saturated rings. The smallest absolute Gasteiger partial charge is 0.232 e. The number of aryl methyl sites for hydroxylation is 1. The van der Waals surface area contributed by atoms with E-state index in [1.165, 1.54) is 0 Å². The monoisotopic (exact) mass is 448 g/mol. The Morgan fingerprint density at radius 1 is 1.03 bits per heavy atom. The number of ketones is 2. The molecule has 0 bridgehead atoms. The molecule has 0 aliphatic carbocycles. The van der Waals surface area contributed by atoms with Gasteiger partial charge in [-0.05, 0) is 66.6 Å². The number of carbonyl (C=O) groups excluding carboxylic acids is 2. The first kappa shape index (κ1) is 20.2. The summed E-state index contributed by atoms with van der Waals surface area (Å²) in [6.07, 6.45) is 1.66. The van der Waals surface area contributed by atoms with Crippen molar-refractivity contribution in [2.45, 2.75) is 6.92 Å². The molecular weight excluding hydrogens is 432 g/mol. The molecule has 2 heterocycles. The zero-order valence-electron chi connectivity index (χ0n) is 17.0. The first-order valence-corrected chi connectivity index (χ1v) is 10.3. The Hall–Kier alpha value is -3.77. The third-order valence-electron chi connectivity index (χ3n) is 5.17. The van der Waals surface area contributed by atoms with E-state index in [-0.39, 0.29) is 30.7 Å². The summed E-state index contributed by atoms with van der Waals surface area (Å²) in [7, 11) is 0. The van der Waals surface area contributed by atoms with Crippen LogP contribution in [0.2, 0.25) is 5.02 Å². The van der Waals surface area contributed by atoms with Gasteiger partial charge in [0.2, 0.25) is 12.6 Å². The van der Waals surface area contributed by atoms with Crippen LogP contribution in [0.5, 0.6) is 23.0 Å². The van der Waals surface area contributed by atoms with E-state index >= 15 is 0 Å². The van der Waals surface area contributed by atoms with Gasteiger partial charge in [-0.2, -0.15) is 0 Å². The highest BCUT2D eigenvalue weighted by atomic mass is 35.5. The molecule has 0 aromatic heterocycles. The molecule has 0 spiro atoms. The highest BCUT2D eigenvalue weighted by Gasteiger charge is 2.30. The van der Waals surface area contributed by atoms with E-state index < -0.39 is 0 Å². The molecule has 6 nitrogen and oxygen atoms in total. The fourth-order valence-corrected chi connectivity index (χ4v) is 3.71. The topological polar surface area (TPSA) is 71.1 Å². The Morgan fingerprint density at radius 2 is 1.81 bits per heavy atom. The third kappa shape index (κ3) is 3.81. The number of benzene rings is 3. The zero-order chi connectivity index (χ0) is 22.2. The molecule has 160 valence electrons. The summed E-state index contributed by atoms with van der Waals surface area (Å²) in [5.41, 5.74) is 2.45. The highest BCUT2D eigenvalue weighted by molar-refractivity contribution is 6.30. The van der Waals surface area contributed by atoms with E-state index in [4.69, 9.17) is 30.5 Å². The van der Waals surface area contributed by atoms with Crippen LogP contribution in [0, 0.1) is 6.92 Å². The largest absolute Gasteiger partial charge is 0.485 e. The van der Waals surface area contributed by atoms with Crippen LogP contribution in [-0.4, -0.2) is 25.0 Å². The number of hydrogen-bond acceptors (Lipinski definition) is 6. The zero-order valence-corrected chi connectivity index (χ0v) is 17.8. The molecule has 0 saturated heterocycles. The summed E-state index contributed by atoms with van der Waals surface area (Å²) >= 11 is 5.86. The molecule has 2 aliphatic heterocycles. The molecule has 0 amide bonds. The number of Topliss-reactive ketones (excluding diaryl/α,β-unsaturated/α-hetero) is 2. The fraction of sp³-hybridized carbons (Fsp3) is 0.120. The van der Waals surface area contributed by atoms with Gasteiger partial charge in [-0.3, -0.25) is 9.59 Å². The van der Waals surface area contributed by atoms with Crippen molar-refractivity contribution in [3.05, 3.63) is 87.6 Å². The van der Waals surface area contributed by atoms with Gasteiger partial charge in [0.05, 0.1) is 5.56 Å². The lowest BCUT2D eigenvalue weighted by Crippen LogP contribution is -2.11. The molecule has 0 radical (unpaired) electrons. The summed E-state index contributed by atoms with van der Waals surface area (Å²) in [5, 5.41) is 0.558. The molecule has 7 heteroatoms. The van der Waals surface area contributed by atoms with E-state index in [0.29, 0.717) is 44.7 Å². The van der Waals surface area contributed by atoms with Gasteiger partial charge in [0.25, 0.3) is 0 Å². The van der Waals surface area contributed by atoms with Crippen molar-refractivity contribution in [1.82, 2.24) is 0 Å². The van der Waals surface area contributed by atoms with Crippen molar-refractivity contribution in [2.24, 2.45) is 0 Å². The molecule has 5 rings (SSSR count). The number of carbonyl (C=O) groups is 2. The lowest BCUT2D eigenvalue weighted by Gasteiger charge is -2.09. The van der Waals surface area contributed by atoms with Crippen molar-refractivity contribution in [2.75, 3.05) is 13.4 Å². The van der Waals surface area contributed by atoms with E-state index in [0.717, 1.165) is 5.56 Å². The molecule has 2 aliphatic rings. The average molecular weight is 449 g/mol. The van der Waals surface area contributed by atoms with E-state index in [1.54, 1.807) is 61.5 Å². The molecule has 0 saturated carbocycles. The Bertz CT molecular complexity index is 1280. The molecule has 0 unspecified atom stereocenters. The minimum Gasteiger partial charge on any atom is -0.485 e. The van der Waals surface area contributed by atoms with Gasteiger partial charge >= 0.3 is 0 Å². The van der Waals surface area contributed by atoms with E-state index in [1.807, 2.05) is 6.07 Å². The molecular formula is C25H17ClO6. The van der Waals surface area contributed by atoms with Crippen LogP contribution in [0.4, 0.5) is 0 Å². The van der Waals surface area contributed by atoms with Gasteiger partial charge in [-0.15, -0.1) is 0 Å². The molecule has 3 aromatic rings. The van der Waals surface area contributed by atoms with Crippen LogP contribution in [0.25, 0.3) is 6.08 Å². The summed E-state index contributed by atoms with van der Waals surface area (Å²) in [4.78, 5) is 25.2. The number of halogens is 1. The summed E-state index contributed by atoms with van der Waals surface area (Å²) in [6.45, 7) is 1.84. The van der Waals surface area contributed by atoms with Crippen LogP contribution < -0.4 is 18.9 Å². The normalized spacial score (nSPS) is 14.9. The van der Waals surface area contributed by atoms with E-state index in [9.17, 15) is 9.59 Å². The second-order valence-corrected chi connectivity index (χ2v) is 7.82. The number of ether oxygens (including phenoxy) is 4. The summed E-state index contributed by atoms with van der Waals surface area (Å²) in [6, 6.07) is 15.4. The Balaban J connectivity index is 1.34. The maximum atomic E-state index is 12.9. The van der Waals surface area contributed by atoms with E-state index in [2.05, 4.69) is 0 Å². The Morgan fingerprint density at radius 3 is 2.62 bits per heavy atom. The maximum Gasteiger partial charge on any atom is 0.232 e. The predicted octanol–water partition coefficient (Wildman–Crippen LogP) is 5.26. The molecule has 0 N–H and O–H groups in total.